The molecule has 88 valence electrons. The van der Waals surface area contributed by atoms with Gasteiger partial charge in [0.15, 0.2) is 10.2 Å². The van der Waals surface area contributed by atoms with E-state index in [1.54, 1.807) is 0 Å². The molecule has 0 unspecified atom stereocenters. The molecule has 0 heterocycles. The summed E-state index contributed by atoms with van der Waals surface area (Å²) in [5.74, 6) is 1.70. The van der Waals surface area contributed by atoms with E-state index in [0.29, 0.717) is 0 Å². The monoisotopic (exact) mass is 248 g/mol. The Labute approximate surface area is 101 Å². The predicted molar refractivity (Wildman–Crippen MR) is 69.4 cm³/mol. The fourth-order valence-electron chi connectivity index (χ4n) is 0.881. The lowest BCUT2D eigenvalue weighted by Crippen LogP contribution is -2.02. The molecule has 0 saturated carbocycles. The van der Waals surface area contributed by atoms with Gasteiger partial charge in [-0.15, -0.1) is 0 Å². The highest BCUT2D eigenvalue weighted by Crippen LogP contribution is 2.14. The molecule has 0 aromatic heterocycles. The van der Waals surface area contributed by atoms with E-state index >= 15 is 0 Å². The van der Waals surface area contributed by atoms with Gasteiger partial charge in [0.25, 0.3) is 0 Å². The Kier molecular flexibility index (Phi) is 10.6. The third kappa shape index (κ3) is 10.3. The lowest BCUT2D eigenvalue weighted by molar-refractivity contribution is -0.117. The lowest BCUT2D eigenvalue weighted by Gasteiger charge is -1.99. The second kappa shape index (κ2) is 10.6. The van der Waals surface area contributed by atoms with Crippen LogP contribution in [0.1, 0.15) is 46.0 Å². The molecule has 0 saturated heterocycles. The maximum absolute atomic E-state index is 11.3. The smallest absolute Gasteiger partial charge is 0.197 e. The minimum absolute atomic E-state index is 0.0254. The summed E-state index contributed by atoms with van der Waals surface area (Å²) in [5, 5.41) is 0.0508. The SMILES string of the molecule is CCCCSC(=O)CC(=O)SCCCC. The van der Waals surface area contributed by atoms with Crippen LogP contribution in [0.25, 0.3) is 0 Å². The molecule has 0 amide bonds. The summed E-state index contributed by atoms with van der Waals surface area (Å²) in [6.45, 7) is 4.19. The van der Waals surface area contributed by atoms with E-state index in [2.05, 4.69) is 13.8 Å². The van der Waals surface area contributed by atoms with Crippen LogP contribution in [0.3, 0.4) is 0 Å². The van der Waals surface area contributed by atoms with E-state index in [0.717, 1.165) is 37.2 Å². The van der Waals surface area contributed by atoms with Gasteiger partial charge in [-0.2, -0.15) is 0 Å². The van der Waals surface area contributed by atoms with Gasteiger partial charge in [0, 0.05) is 11.5 Å². The van der Waals surface area contributed by atoms with E-state index in [9.17, 15) is 9.59 Å². The molecule has 15 heavy (non-hydrogen) atoms. The highest BCUT2D eigenvalue weighted by Gasteiger charge is 2.09. The van der Waals surface area contributed by atoms with Crippen molar-refractivity contribution in [1.29, 1.82) is 0 Å². The molecular formula is C11H20O2S2. The van der Waals surface area contributed by atoms with Crippen molar-refractivity contribution >= 4 is 33.8 Å². The molecule has 0 aromatic rings. The first kappa shape index (κ1) is 15.0. The summed E-state index contributed by atoms with van der Waals surface area (Å²) < 4.78 is 0. The van der Waals surface area contributed by atoms with Crippen LogP contribution in [0.5, 0.6) is 0 Å². The number of hydrogen-bond donors (Lipinski definition) is 0. The van der Waals surface area contributed by atoms with E-state index in [1.165, 1.54) is 23.5 Å². The zero-order valence-electron chi connectivity index (χ0n) is 9.58. The molecule has 0 aliphatic heterocycles. The van der Waals surface area contributed by atoms with Gasteiger partial charge in [-0.05, 0) is 12.8 Å². The lowest BCUT2D eigenvalue weighted by atomic mass is 10.4. The molecule has 0 aliphatic carbocycles. The Morgan fingerprint density at radius 2 is 1.27 bits per heavy atom. The number of carbonyl (C=O) groups excluding carboxylic acids is 2. The summed E-state index contributed by atoms with van der Waals surface area (Å²) in [7, 11) is 0. The number of thioether (sulfide) groups is 2. The van der Waals surface area contributed by atoms with Crippen LogP contribution in [0.4, 0.5) is 0 Å². The average molecular weight is 248 g/mol. The number of rotatable bonds is 8. The minimum atomic E-state index is 0.0254. The van der Waals surface area contributed by atoms with Gasteiger partial charge in [0.1, 0.15) is 0 Å². The second-order valence-corrected chi connectivity index (χ2v) is 5.63. The molecule has 0 aliphatic rings. The molecule has 0 aromatic carbocycles. The average Bonchev–Trinajstić information content (AvgIpc) is 2.18. The van der Waals surface area contributed by atoms with Crippen molar-refractivity contribution in [2.45, 2.75) is 46.0 Å². The molecule has 0 rings (SSSR count). The third-order valence-electron chi connectivity index (χ3n) is 1.81. The maximum Gasteiger partial charge on any atom is 0.197 e. The van der Waals surface area contributed by atoms with Gasteiger partial charge in [-0.1, -0.05) is 50.2 Å². The molecule has 2 nitrogen and oxygen atoms in total. The zero-order valence-corrected chi connectivity index (χ0v) is 11.2. The van der Waals surface area contributed by atoms with Crippen LogP contribution < -0.4 is 0 Å². The Balaban J connectivity index is 3.45. The van der Waals surface area contributed by atoms with Crippen molar-refractivity contribution in [3.63, 3.8) is 0 Å². The molecule has 0 radical (unpaired) electrons. The molecule has 0 bridgehead atoms. The quantitative estimate of drug-likeness (QED) is 0.486. The molecule has 0 atom stereocenters. The minimum Gasteiger partial charge on any atom is -0.287 e. The van der Waals surface area contributed by atoms with Crippen LogP contribution >= 0.6 is 23.5 Å². The van der Waals surface area contributed by atoms with Crippen molar-refractivity contribution in [3.8, 4) is 0 Å². The van der Waals surface area contributed by atoms with Crippen molar-refractivity contribution in [1.82, 2.24) is 0 Å². The van der Waals surface area contributed by atoms with Crippen molar-refractivity contribution in [2.24, 2.45) is 0 Å². The van der Waals surface area contributed by atoms with Crippen LogP contribution in [-0.2, 0) is 9.59 Å². The molecule has 0 N–H and O–H groups in total. The van der Waals surface area contributed by atoms with Crippen molar-refractivity contribution in [3.05, 3.63) is 0 Å². The normalized spacial score (nSPS) is 10.3. The molecule has 0 fully saturated rings. The third-order valence-corrected chi connectivity index (χ3v) is 3.73. The first-order valence-corrected chi connectivity index (χ1v) is 7.49. The summed E-state index contributed by atoms with van der Waals surface area (Å²) in [6, 6.07) is 0. The van der Waals surface area contributed by atoms with E-state index < -0.39 is 0 Å². The molecular weight excluding hydrogens is 228 g/mol. The fraction of sp³-hybridized carbons (Fsp3) is 0.818. The van der Waals surface area contributed by atoms with E-state index in [-0.39, 0.29) is 16.7 Å². The molecule has 0 spiro atoms. The Hall–Kier alpha value is 0.0400. The largest absolute Gasteiger partial charge is 0.287 e. The Morgan fingerprint density at radius 1 is 0.867 bits per heavy atom. The highest BCUT2D eigenvalue weighted by atomic mass is 32.2. The predicted octanol–water partition coefficient (Wildman–Crippen LogP) is 3.50. The van der Waals surface area contributed by atoms with Gasteiger partial charge < -0.3 is 0 Å². The summed E-state index contributed by atoms with van der Waals surface area (Å²) in [4.78, 5) is 22.6. The van der Waals surface area contributed by atoms with Crippen LogP contribution in [-0.4, -0.2) is 21.7 Å². The van der Waals surface area contributed by atoms with Gasteiger partial charge in [-0.3, -0.25) is 9.59 Å². The first-order chi connectivity index (χ1) is 7.20. The number of unbranched alkanes of at least 4 members (excludes halogenated alkanes) is 2. The topological polar surface area (TPSA) is 34.1 Å². The maximum atomic E-state index is 11.3. The summed E-state index contributed by atoms with van der Waals surface area (Å²) in [6.07, 6.45) is 4.39. The second-order valence-electron chi connectivity index (χ2n) is 3.32. The van der Waals surface area contributed by atoms with Crippen LogP contribution in [0.15, 0.2) is 0 Å². The van der Waals surface area contributed by atoms with Crippen LogP contribution in [0.2, 0.25) is 0 Å². The fourth-order valence-corrected chi connectivity index (χ4v) is 2.76. The van der Waals surface area contributed by atoms with E-state index in [4.69, 9.17) is 0 Å². The van der Waals surface area contributed by atoms with Gasteiger partial charge in [0.2, 0.25) is 0 Å². The Bertz CT molecular complexity index is 173. The number of carbonyl (C=O) groups is 2. The summed E-state index contributed by atoms with van der Waals surface area (Å²) in [5.41, 5.74) is 0. The van der Waals surface area contributed by atoms with Crippen molar-refractivity contribution in [2.75, 3.05) is 11.5 Å². The molecule has 4 heteroatoms. The van der Waals surface area contributed by atoms with Gasteiger partial charge in [0.05, 0.1) is 6.42 Å². The van der Waals surface area contributed by atoms with Gasteiger partial charge >= 0.3 is 0 Å². The zero-order chi connectivity index (χ0) is 11.5. The number of hydrogen-bond acceptors (Lipinski definition) is 4. The first-order valence-electron chi connectivity index (χ1n) is 5.52. The highest BCUT2D eigenvalue weighted by molar-refractivity contribution is 8.15. The van der Waals surface area contributed by atoms with Crippen molar-refractivity contribution < 1.29 is 9.59 Å². The summed E-state index contributed by atoms with van der Waals surface area (Å²) >= 11 is 2.59. The van der Waals surface area contributed by atoms with Crippen LogP contribution in [0, 0.1) is 0 Å². The Morgan fingerprint density at radius 3 is 1.60 bits per heavy atom. The van der Waals surface area contributed by atoms with E-state index in [1.807, 2.05) is 0 Å². The standard InChI is InChI=1S/C11H20O2S2/c1-3-5-7-14-10(12)9-11(13)15-8-6-4-2/h3-9H2,1-2H3. The van der Waals surface area contributed by atoms with Gasteiger partial charge in [-0.25, -0.2) is 0 Å².